The molecule has 0 spiro atoms. The van der Waals surface area contributed by atoms with E-state index in [9.17, 15) is 4.79 Å². The van der Waals surface area contributed by atoms with Gasteiger partial charge in [0, 0.05) is 38.8 Å². The summed E-state index contributed by atoms with van der Waals surface area (Å²) in [5.41, 5.74) is 0. The number of aryl methyl sites for hydroxylation is 1. The number of aliphatic hydroxyl groups is 1. The summed E-state index contributed by atoms with van der Waals surface area (Å²) < 4.78 is 5.20. The molecule has 2 N–H and O–H groups in total. The Balaban J connectivity index is 1.67. The van der Waals surface area contributed by atoms with E-state index >= 15 is 0 Å². The number of nitrogens with zero attached hydrogens (tertiary/aromatic N) is 5. The van der Waals surface area contributed by atoms with Gasteiger partial charge in [0.05, 0.1) is 18.9 Å². The monoisotopic (exact) mass is 406 g/mol. The minimum Gasteiger partial charge on any atom is -0.459 e. The lowest BCUT2D eigenvalue weighted by atomic mass is 10.3. The first-order valence-electron chi connectivity index (χ1n) is 9.32. The standard InChI is InChI=1S/C18H26N6O3S/c1-12(2)27-17(26)14-11-19-18(28-14)22-15-10-16(21-13(3)20-15)24-6-4-23(5-7-24)8-9-25/h10-12,25H,4-9H2,1-3H3,(H,19,20,21,22). The molecule has 9 nitrogen and oxygen atoms in total. The lowest BCUT2D eigenvalue weighted by Crippen LogP contribution is -2.47. The third-order valence-electron chi connectivity index (χ3n) is 4.22. The Bertz CT molecular complexity index is 804. The molecule has 1 fully saturated rings. The molecule has 2 aromatic heterocycles. The molecule has 0 radical (unpaired) electrons. The number of ether oxygens (including phenoxy) is 1. The van der Waals surface area contributed by atoms with Gasteiger partial charge in [0.25, 0.3) is 0 Å². The number of rotatable bonds is 7. The number of carbonyl (C=O) groups is 1. The number of thiazole rings is 1. The Morgan fingerprint density at radius 2 is 2.07 bits per heavy atom. The molecule has 0 aliphatic carbocycles. The minimum absolute atomic E-state index is 0.170. The maximum atomic E-state index is 12.0. The molecule has 2 aromatic rings. The van der Waals surface area contributed by atoms with Gasteiger partial charge in [-0.3, -0.25) is 4.90 Å². The van der Waals surface area contributed by atoms with Crippen LogP contribution in [-0.2, 0) is 4.74 Å². The summed E-state index contributed by atoms with van der Waals surface area (Å²) in [4.78, 5) is 30.1. The SMILES string of the molecule is Cc1nc(Nc2ncc(C(=O)OC(C)C)s2)cc(N2CCN(CCO)CC2)n1. The lowest BCUT2D eigenvalue weighted by Gasteiger charge is -2.35. The molecule has 0 bridgehead atoms. The maximum Gasteiger partial charge on any atom is 0.350 e. The number of nitrogens with one attached hydrogen (secondary N) is 1. The highest BCUT2D eigenvalue weighted by Crippen LogP contribution is 2.25. The zero-order valence-electron chi connectivity index (χ0n) is 16.4. The molecule has 152 valence electrons. The molecule has 10 heteroatoms. The van der Waals surface area contributed by atoms with Crippen molar-refractivity contribution in [2.45, 2.75) is 26.9 Å². The van der Waals surface area contributed by atoms with E-state index in [1.54, 1.807) is 0 Å². The van der Waals surface area contributed by atoms with Crippen LogP contribution < -0.4 is 10.2 Å². The van der Waals surface area contributed by atoms with E-state index in [1.165, 1.54) is 17.5 Å². The van der Waals surface area contributed by atoms with E-state index in [1.807, 2.05) is 26.8 Å². The number of hydrogen-bond acceptors (Lipinski definition) is 10. The van der Waals surface area contributed by atoms with Crippen LogP contribution >= 0.6 is 11.3 Å². The average Bonchev–Trinajstić information content (AvgIpc) is 3.10. The van der Waals surface area contributed by atoms with Gasteiger partial charge in [-0.25, -0.2) is 19.7 Å². The van der Waals surface area contributed by atoms with Gasteiger partial charge < -0.3 is 20.1 Å². The van der Waals surface area contributed by atoms with Crippen molar-refractivity contribution < 1.29 is 14.6 Å². The van der Waals surface area contributed by atoms with Crippen molar-refractivity contribution in [2.75, 3.05) is 49.5 Å². The van der Waals surface area contributed by atoms with Crippen LogP contribution in [0.25, 0.3) is 0 Å². The van der Waals surface area contributed by atoms with Gasteiger partial charge in [-0.05, 0) is 20.8 Å². The molecule has 0 unspecified atom stereocenters. The number of hydrogen-bond donors (Lipinski definition) is 2. The number of piperazine rings is 1. The van der Waals surface area contributed by atoms with Gasteiger partial charge >= 0.3 is 5.97 Å². The number of aliphatic hydroxyl groups excluding tert-OH is 1. The minimum atomic E-state index is -0.374. The normalized spacial score (nSPS) is 15.1. The molecule has 1 aliphatic heterocycles. The summed E-state index contributed by atoms with van der Waals surface area (Å²) in [6, 6.07) is 1.89. The van der Waals surface area contributed by atoms with Crippen LogP contribution in [0.4, 0.5) is 16.8 Å². The third-order valence-corrected chi connectivity index (χ3v) is 5.11. The van der Waals surface area contributed by atoms with Gasteiger partial charge in [-0.2, -0.15) is 0 Å². The van der Waals surface area contributed by atoms with Crippen molar-refractivity contribution in [1.29, 1.82) is 0 Å². The van der Waals surface area contributed by atoms with Crippen molar-refractivity contribution in [1.82, 2.24) is 19.9 Å². The average molecular weight is 407 g/mol. The van der Waals surface area contributed by atoms with Crippen LogP contribution in [0.15, 0.2) is 12.3 Å². The van der Waals surface area contributed by atoms with Crippen molar-refractivity contribution in [3.8, 4) is 0 Å². The summed E-state index contributed by atoms with van der Waals surface area (Å²) in [5.74, 6) is 1.78. The van der Waals surface area contributed by atoms with Crippen LogP contribution in [0.1, 0.15) is 29.3 Å². The van der Waals surface area contributed by atoms with Gasteiger partial charge in [-0.1, -0.05) is 11.3 Å². The van der Waals surface area contributed by atoms with Crippen molar-refractivity contribution in [2.24, 2.45) is 0 Å². The second kappa shape index (κ2) is 9.26. The number of carbonyl (C=O) groups excluding carboxylic acids is 1. The van der Waals surface area contributed by atoms with Gasteiger partial charge in [0.15, 0.2) is 5.13 Å². The molecule has 28 heavy (non-hydrogen) atoms. The van der Waals surface area contributed by atoms with Crippen LogP contribution in [0.5, 0.6) is 0 Å². The number of β-amino-alcohol motifs (C(OH)–C–C–N with tert-alkyl or cyclic N) is 1. The second-order valence-corrected chi connectivity index (χ2v) is 7.85. The van der Waals surface area contributed by atoms with E-state index in [-0.39, 0.29) is 18.7 Å². The number of aromatic nitrogens is 3. The Morgan fingerprint density at radius 1 is 1.32 bits per heavy atom. The van der Waals surface area contributed by atoms with E-state index in [2.05, 4.69) is 30.1 Å². The van der Waals surface area contributed by atoms with E-state index < -0.39 is 0 Å². The van der Waals surface area contributed by atoms with Gasteiger partial charge in [-0.15, -0.1) is 0 Å². The molecule has 0 amide bonds. The zero-order valence-corrected chi connectivity index (χ0v) is 17.2. The fourth-order valence-corrected chi connectivity index (χ4v) is 3.63. The summed E-state index contributed by atoms with van der Waals surface area (Å²) in [6.45, 7) is 9.83. The Labute approximate surface area is 168 Å². The number of esters is 1. The van der Waals surface area contributed by atoms with Crippen LogP contribution in [0.3, 0.4) is 0 Å². The highest BCUT2D eigenvalue weighted by atomic mass is 32.1. The molecule has 0 atom stereocenters. The summed E-state index contributed by atoms with van der Waals surface area (Å²) >= 11 is 1.23. The molecular weight excluding hydrogens is 380 g/mol. The first-order chi connectivity index (χ1) is 13.4. The van der Waals surface area contributed by atoms with Gasteiger partial charge in [0.1, 0.15) is 22.3 Å². The molecule has 0 aromatic carbocycles. The van der Waals surface area contributed by atoms with Crippen LogP contribution in [-0.4, -0.2) is 76.4 Å². The largest absolute Gasteiger partial charge is 0.459 e. The molecular formula is C18H26N6O3S. The molecule has 3 rings (SSSR count). The third kappa shape index (κ3) is 5.37. The molecule has 3 heterocycles. The molecule has 1 saturated heterocycles. The fourth-order valence-electron chi connectivity index (χ4n) is 2.93. The van der Waals surface area contributed by atoms with Crippen LogP contribution in [0, 0.1) is 6.92 Å². The second-order valence-electron chi connectivity index (χ2n) is 6.82. The first-order valence-corrected chi connectivity index (χ1v) is 10.1. The zero-order chi connectivity index (χ0) is 20.1. The van der Waals surface area contributed by atoms with E-state index in [0.717, 1.165) is 32.0 Å². The van der Waals surface area contributed by atoms with E-state index in [0.29, 0.717) is 28.2 Å². The van der Waals surface area contributed by atoms with Crippen molar-refractivity contribution in [3.63, 3.8) is 0 Å². The molecule has 1 aliphatic rings. The summed E-state index contributed by atoms with van der Waals surface area (Å²) in [7, 11) is 0. The van der Waals surface area contributed by atoms with Crippen LogP contribution in [0.2, 0.25) is 0 Å². The summed E-state index contributed by atoms with van der Waals surface area (Å²) in [5, 5.41) is 12.8. The predicted octanol–water partition coefficient (Wildman–Crippen LogP) is 1.66. The van der Waals surface area contributed by atoms with Gasteiger partial charge in [0.2, 0.25) is 0 Å². The smallest absolute Gasteiger partial charge is 0.350 e. The molecule has 0 saturated carbocycles. The fraction of sp³-hybridized carbons (Fsp3) is 0.556. The number of anilines is 3. The Morgan fingerprint density at radius 3 is 2.75 bits per heavy atom. The quantitative estimate of drug-likeness (QED) is 0.664. The van der Waals surface area contributed by atoms with Crippen molar-refractivity contribution >= 4 is 34.1 Å². The van der Waals surface area contributed by atoms with E-state index in [4.69, 9.17) is 9.84 Å². The Kier molecular flexibility index (Phi) is 6.76. The highest BCUT2D eigenvalue weighted by Gasteiger charge is 2.19. The topological polar surface area (TPSA) is 104 Å². The lowest BCUT2D eigenvalue weighted by molar-refractivity contribution is 0.0383. The predicted molar refractivity (Wildman–Crippen MR) is 108 cm³/mol. The maximum absolute atomic E-state index is 12.0. The highest BCUT2D eigenvalue weighted by molar-refractivity contribution is 7.17. The Hall–Kier alpha value is -2.30. The van der Waals surface area contributed by atoms with Crippen molar-refractivity contribution in [3.05, 3.63) is 23.0 Å². The first kappa shape index (κ1) is 20.4. The summed E-state index contributed by atoms with van der Waals surface area (Å²) in [6.07, 6.45) is 1.34.